The Labute approximate surface area is 229 Å². The summed E-state index contributed by atoms with van der Waals surface area (Å²) in [5.74, 6) is -0.360. The Morgan fingerprint density at radius 2 is 1.68 bits per heavy atom. The predicted octanol–water partition coefficient (Wildman–Crippen LogP) is 6.00. The molecular formula is C30H51N3O5. The number of carbonyl (C=O) groups excluding carboxylic acids is 3. The molecule has 3 N–H and O–H groups in total. The second kappa shape index (κ2) is 15.6. The Balaban J connectivity index is 3.55. The topological polar surface area (TPSA) is 108 Å². The summed E-state index contributed by atoms with van der Waals surface area (Å²) < 4.78 is 5.45. The fourth-order valence-corrected chi connectivity index (χ4v) is 4.39. The number of phenols is 1. The molecule has 0 aliphatic carbocycles. The number of alkyl carbamates (subject to hydrolysis) is 1. The lowest BCUT2D eigenvalue weighted by Crippen LogP contribution is -2.54. The highest BCUT2D eigenvalue weighted by Crippen LogP contribution is 2.28. The molecule has 8 nitrogen and oxygen atoms in total. The Bertz CT molecular complexity index is 910. The first-order valence-electron chi connectivity index (χ1n) is 14.1. The summed E-state index contributed by atoms with van der Waals surface area (Å²) in [5, 5.41) is 16.0. The zero-order chi connectivity index (χ0) is 29.0. The number of rotatable bonds is 14. The van der Waals surface area contributed by atoms with Crippen molar-refractivity contribution in [1.29, 1.82) is 0 Å². The van der Waals surface area contributed by atoms with E-state index in [1.54, 1.807) is 50.8 Å². The molecule has 0 radical (unpaired) electrons. The summed E-state index contributed by atoms with van der Waals surface area (Å²) >= 11 is 0. The highest BCUT2D eigenvalue weighted by atomic mass is 16.6. The van der Waals surface area contributed by atoms with Crippen molar-refractivity contribution in [3.63, 3.8) is 0 Å². The lowest BCUT2D eigenvalue weighted by Gasteiger charge is -2.35. The number of unbranched alkanes of at least 4 members (excludes halogenated alkanes) is 2. The normalized spacial score (nSPS) is 13.9. The summed E-state index contributed by atoms with van der Waals surface area (Å²) in [5.41, 5.74) is 0.526. The quantitative estimate of drug-likeness (QED) is 0.254. The molecule has 3 amide bonds. The first-order valence-corrected chi connectivity index (χ1v) is 14.1. The standard InChI is InChI=1S/C30H51N3O5/c1-10-12-13-17-33(28(36)24(18-20(3)4)32-29(37)38-30(7,8)9)26(27(35)31-22(6)14-11-2)23-15-16-25(34)21(5)19-23/h15-16,19-20,22,24,26,34H,10-14,17-18H2,1-9H3,(H,31,35)(H,32,37). The second-order valence-corrected chi connectivity index (χ2v) is 11.7. The van der Waals surface area contributed by atoms with Crippen LogP contribution in [-0.4, -0.2) is 52.1 Å². The van der Waals surface area contributed by atoms with Crippen LogP contribution in [-0.2, 0) is 14.3 Å². The van der Waals surface area contributed by atoms with Crippen LogP contribution in [0.1, 0.15) is 111 Å². The highest BCUT2D eigenvalue weighted by molar-refractivity contribution is 5.92. The lowest BCUT2D eigenvalue weighted by molar-refractivity contribution is -0.143. The van der Waals surface area contributed by atoms with E-state index in [9.17, 15) is 19.5 Å². The number of aromatic hydroxyl groups is 1. The van der Waals surface area contributed by atoms with Crippen LogP contribution in [0.15, 0.2) is 18.2 Å². The summed E-state index contributed by atoms with van der Waals surface area (Å²) in [6.07, 6.45) is 4.03. The summed E-state index contributed by atoms with van der Waals surface area (Å²) in [7, 11) is 0. The van der Waals surface area contributed by atoms with Gasteiger partial charge in [0.15, 0.2) is 0 Å². The number of ether oxygens (including phenoxy) is 1. The van der Waals surface area contributed by atoms with Gasteiger partial charge >= 0.3 is 6.09 Å². The van der Waals surface area contributed by atoms with Crippen LogP contribution in [0.3, 0.4) is 0 Å². The van der Waals surface area contributed by atoms with E-state index in [1.165, 1.54) is 0 Å². The number of hydrogen-bond donors (Lipinski definition) is 3. The van der Waals surface area contributed by atoms with Crippen LogP contribution in [0, 0.1) is 12.8 Å². The maximum absolute atomic E-state index is 14.2. The molecule has 1 aromatic carbocycles. The number of phenolic OH excluding ortho intramolecular Hbond substituents is 1. The van der Waals surface area contributed by atoms with Gasteiger partial charge in [0.25, 0.3) is 0 Å². The SMILES string of the molecule is CCCCCN(C(=O)C(CC(C)C)NC(=O)OC(C)(C)C)C(C(=O)NC(C)CCC)c1ccc(O)c(C)c1. The average molecular weight is 534 g/mol. The van der Waals surface area contributed by atoms with Crippen molar-refractivity contribution in [1.82, 2.24) is 15.5 Å². The van der Waals surface area contributed by atoms with Crippen molar-refractivity contribution in [2.45, 2.75) is 125 Å². The highest BCUT2D eigenvalue weighted by Gasteiger charge is 2.36. The van der Waals surface area contributed by atoms with E-state index in [0.717, 1.165) is 25.7 Å². The van der Waals surface area contributed by atoms with Crippen molar-refractivity contribution >= 4 is 17.9 Å². The first-order chi connectivity index (χ1) is 17.7. The number of hydrogen-bond acceptors (Lipinski definition) is 5. The average Bonchev–Trinajstić information content (AvgIpc) is 2.78. The maximum atomic E-state index is 14.2. The van der Waals surface area contributed by atoms with E-state index in [4.69, 9.17) is 4.74 Å². The molecule has 0 bridgehead atoms. The van der Waals surface area contributed by atoms with Gasteiger partial charge in [0.1, 0.15) is 23.4 Å². The van der Waals surface area contributed by atoms with Crippen LogP contribution in [0.25, 0.3) is 0 Å². The molecule has 216 valence electrons. The van der Waals surface area contributed by atoms with Crippen LogP contribution >= 0.6 is 0 Å². The fourth-order valence-electron chi connectivity index (χ4n) is 4.39. The third-order valence-electron chi connectivity index (χ3n) is 6.19. The summed E-state index contributed by atoms with van der Waals surface area (Å²) in [6.45, 7) is 17.5. The second-order valence-electron chi connectivity index (χ2n) is 11.7. The largest absolute Gasteiger partial charge is 0.508 e. The van der Waals surface area contributed by atoms with Gasteiger partial charge in [-0.2, -0.15) is 0 Å². The van der Waals surface area contributed by atoms with Crippen LogP contribution in [0.2, 0.25) is 0 Å². The van der Waals surface area contributed by atoms with Gasteiger partial charge in [-0.05, 0) is 83.1 Å². The molecule has 0 heterocycles. The Morgan fingerprint density at radius 3 is 2.21 bits per heavy atom. The lowest BCUT2D eigenvalue weighted by atomic mass is 9.97. The third kappa shape index (κ3) is 11.3. The Morgan fingerprint density at radius 1 is 1.03 bits per heavy atom. The molecule has 0 saturated carbocycles. The van der Waals surface area contributed by atoms with Gasteiger partial charge in [-0.1, -0.05) is 53.0 Å². The molecule has 0 spiro atoms. The van der Waals surface area contributed by atoms with Crippen molar-refractivity contribution in [2.24, 2.45) is 5.92 Å². The molecule has 0 aliphatic heterocycles. The van der Waals surface area contributed by atoms with E-state index in [2.05, 4.69) is 24.5 Å². The maximum Gasteiger partial charge on any atom is 0.408 e. The molecular weight excluding hydrogens is 482 g/mol. The molecule has 0 aliphatic rings. The number of amides is 3. The third-order valence-corrected chi connectivity index (χ3v) is 6.19. The molecule has 3 atom stereocenters. The van der Waals surface area contributed by atoms with E-state index in [1.807, 2.05) is 20.8 Å². The monoisotopic (exact) mass is 533 g/mol. The number of nitrogens with zero attached hydrogens (tertiary/aromatic N) is 1. The molecule has 3 unspecified atom stereocenters. The number of nitrogens with one attached hydrogen (secondary N) is 2. The zero-order valence-electron chi connectivity index (χ0n) is 25.0. The first kappa shape index (κ1) is 33.3. The van der Waals surface area contributed by atoms with Gasteiger partial charge in [0.2, 0.25) is 11.8 Å². The van der Waals surface area contributed by atoms with Gasteiger partial charge in [-0.3, -0.25) is 9.59 Å². The molecule has 38 heavy (non-hydrogen) atoms. The summed E-state index contributed by atoms with van der Waals surface area (Å²) in [4.78, 5) is 42.3. The minimum atomic E-state index is -0.909. The molecule has 8 heteroatoms. The molecule has 1 aromatic rings. The van der Waals surface area contributed by atoms with Crippen LogP contribution in [0.5, 0.6) is 5.75 Å². The van der Waals surface area contributed by atoms with E-state index >= 15 is 0 Å². The minimum absolute atomic E-state index is 0.0628. The van der Waals surface area contributed by atoms with Gasteiger partial charge in [-0.25, -0.2) is 4.79 Å². The number of benzene rings is 1. The van der Waals surface area contributed by atoms with Crippen molar-refractivity contribution < 1.29 is 24.2 Å². The van der Waals surface area contributed by atoms with E-state index in [-0.39, 0.29) is 29.5 Å². The van der Waals surface area contributed by atoms with Crippen LogP contribution in [0.4, 0.5) is 4.79 Å². The van der Waals surface area contributed by atoms with Gasteiger partial charge in [-0.15, -0.1) is 0 Å². The van der Waals surface area contributed by atoms with E-state index < -0.39 is 23.8 Å². The minimum Gasteiger partial charge on any atom is -0.508 e. The summed E-state index contributed by atoms with van der Waals surface area (Å²) in [6, 6.07) is 3.17. The smallest absolute Gasteiger partial charge is 0.408 e. The van der Waals surface area contributed by atoms with Crippen LogP contribution < -0.4 is 10.6 Å². The number of carbonyl (C=O) groups is 3. The van der Waals surface area contributed by atoms with Crippen molar-refractivity contribution in [3.8, 4) is 5.75 Å². The molecule has 1 rings (SSSR count). The van der Waals surface area contributed by atoms with Gasteiger partial charge in [0, 0.05) is 12.6 Å². The van der Waals surface area contributed by atoms with Crippen molar-refractivity contribution in [3.05, 3.63) is 29.3 Å². The van der Waals surface area contributed by atoms with Gasteiger partial charge < -0.3 is 25.4 Å². The van der Waals surface area contributed by atoms with Gasteiger partial charge in [0.05, 0.1) is 0 Å². The number of aryl methyl sites for hydroxylation is 1. The molecule has 0 aromatic heterocycles. The fraction of sp³-hybridized carbons (Fsp3) is 0.700. The van der Waals surface area contributed by atoms with Crippen molar-refractivity contribution in [2.75, 3.05) is 6.54 Å². The zero-order valence-corrected chi connectivity index (χ0v) is 25.0. The molecule has 0 saturated heterocycles. The Kier molecular flexibility index (Phi) is 13.6. The van der Waals surface area contributed by atoms with E-state index in [0.29, 0.717) is 30.5 Å². The predicted molar refractivity (Wildman–Crippen MR) is 152 cm³/mol. The Hall–Kier alpha value is -2.77. The molecule has 0 fully saturated rings.